The molecule has 0 aliphatic rings. The first-order valence-electron chi connectivity index (χ1n) is 5.31. The molecule has 0 bridgehead atoms. The van der Waals surface area contributed by atoms with E-state index in [-0.39, 0.29) is 18.4 Å². The van der Waals surface area contributed by atoms with Gasteiger partial charge in [0.2, 0.25) is 5.91 Å². The van der Waals surface area contributed by atoms with Crippen LogP contribution in [-0.4, -0.2) is 21.9 Å². The summed E-state index contributed by atoms with van der Waals surface area (Å²) in [6.45, 7) is 3.92. The zero-order valence-corrected chi connectivity index (χ0v) is 10.5. The number of primary amides is 1. The Labute approximate surface area is 103 Å². The third-order valence-electron chi connectivity index (χ3n) is 2.42. The van der Waals surface area contributed by atoms with E-state index in [4.69, 9.17) is 5.73 Å². The van der Waals surface area contributed by atoms with Gasteiger partial charge in [-0.05, 0) is 24.8 Å². The Bertz CT molecular complexity index is 551. The standard InChI is InChI=1S/C11H14N4OS/c1-6-4-17-10-9(6)13-5-14-11(10)15-7(2)3-8(12)16/h4-5,7H,3H2,1-2H3,(H2,12,16)(H,13,14,15). The number of carbonyl (C=O) groups is 1. The van der Waals surface area contributed by atoms with Crippen LogP contribution in [0.2, 0.25) is 0 Å². The Balaban J connectivity index is 2.27. The topological polar surface area (TPSA) is 80.9 Å². The van der Waals surface area contributed by atoms with Crippen molar-refractivity contribution in [2.24, 2.45) is 5.73 Å². The third kappa shape index (κ3) is 2.52. The van der Waals surface area contributed by atoms with Crippen LogP contribution in [0.5, 0.6) is 0 Å². The Morgan fingerprint density at radius 1 is 1.59 bits per heavy atom. The van der Waals surface area contributed by atoms with Crippen LogP contribution in [0.15, 0.2) is 11.7 Å². The number of thiophene rings is 1. The van der Waals surface area contributed by atoms with Crippen LogP contribution < -0.4 is 11.1 Å². The van der Waals surface area contributed by atoms with Gasteiger partial charge in [0.25, 0.3) is 0 Å². The molecule has 2 rings (SSSR count). The summed E-state index contributed by atoms with van der Waals surface area (Å²) in [5.74, 6) is 0.444. The van der Waals surface area contributed by atoms with E-state index in [9.17, 15) is 4.79 Å². The molecule has 0 aromatic carbocycles. The average molecular weight is 250 g/mol. The van der Waals surface area contributed by atoms with Crippen molar-refractivity contribution in [1.29, 1.82) is 0 Å². The van der Waals surface area contributed by atoms with Gasteiger partial charge in [-0.2, -0.15) is 0 Å². The van der Waals surface area contributed by atoms with Crippen molar-refractivity contribution in [2.75, 3.05) is 5.32 Å². The molecule has 17 heavy (non-hydrogen) atoms. The largest absolute Gasteiger partial charge is 0.370 e. The van der Waals surface area contributed by atoms with Gasteiger partial charge < -0.3 is 11.1 Å². The van der Waals surface area contributed by atoms with E-state index < -0.39 is 0 Å². The summed E-state index contributed by atoms with van der Waals surface area (Å²) in [5, 5.41) is 5.23. The maximum absolute atomic E-state index is 10.8. The third-order valence-corrected chi connectivity index (χ3v) is 3.52. The molecule has 6 heteroatoms. The quantitative estimate of drug-likeness (QED) is 0.865. The minimum Gasteiger partial charge on any atom is -0.370 e. The molecule has 0 radical (unpaired) electrons. The van der Waals surface area contributed by atoms with E-state index >= 15 is 0 Å². The lowest BCUT2D eigenvalue weighted by molar-refractivity contribution is -0.118. The number of fused-ring (bicyclic) bond motifs is 1. The summed E-state index contributed by atoms with van der Waals surface area (Å²) in [7, 11) is 0. The van der Waals surface area contributed by atoms with E-state index in [1.807, 2.05) is 19.2 Å². The maximum atomic E-state index is 10.8. The molecule has 0 saturated heterocycles. The van der Waals surface area contributed by atoms with Crippen molar-refractivity contribution in [2.45, 2.75) is 26.3 Å². The highest BCUT2D eigenvalue weighted by Crippen LogP contribution is 2.28. The van der Waals surface area contributed by atoms with Crippen molar-refractivity contribution in [3.63, 3.8) is 0 Å². The number of nitrogens with zero attached hydrogens (tertiary/aromatic N) is 2. The van der Waals surface area contributed by atoms with Gasteiger partial charge in [0.15, 0.2) is 0 Å². The van der Waals surface area contributed by atoms with Crippen LogP contribution in [0.1, 0.15) is 18.9 Å². The fourth-order valence-electron chi connectivity index (χ4n) is 1.66. The fraction of sp³-hybridized carbons (Fsp3) is 0.364. The second-order valence-electron chi connectivity index (χ2n) is 4.03. The first-order chi connectivity index (χ1) is 8.08. The van der Waals surface area contributed by atoms with Crippen LogP contribution in [0.25, 0.3) is 10.2 Å². The second kappa shape index (κ2) is 4.67. The minimum absolute atomic E-state index is 0.0343. The van der Waals surface area contributed by atoms with Gasteiger partial charge in [-0.15, -0.1) is 11.3 Å². The number of rotatable bonds is 4. The van der Waals surface area contributed by atoms with E-state index in [0.717, 1.165) is 21.6 Å². The molecule has 90 valence electrons. The number of nitrogens with two attached hydrogens (primary N) is 1. The number of aromatic nitrogens is 2. The van der Waals surface area contributed by atoms with Gasteiger partial charge in [0.1, 0.15) is 12.1 Å². The first kappa shape index (κ1) is 11.8. The average Bonchev–Trinajstić information content (AvgIpc) is 2.61. The normalized spacial score (nSPS) is 12.6. The Morgan fingerprint density at radius 2 is 2.35 bits per heavy atom. The number of aryl methyl sites for hydroxylation is 1. The van der Waals surface area contributed by atoms with Gasteiger partial charge in [-0.25, -0.2) is 9.97 Å². The van der Waals surface area contributed by atoms with Crippen molar-refractivity contribution < 1.29 is 4.79 Å². The number of carbonyl (C=O) groups excluding carboxylic acids is 1. The SMILES string of the molecule is Cc1csc2c(NC(C)CC(N)=O)ncnc12. The minimum atomic E-state index is -0.322. The lowest BCUT2D eigenvalue weighted by Gasteiger charge is -2.12. The van der Waals surface area contributed by atoms with Crippen LogP contribution >= 0.6 is 11.3 Å². The van der Waals surface area contributed by atoms with E-state index in [1.54, 1.807) is 11.3 Å². The molecule has 1 atom stereocenters. The summed E-state index contributed by atoms with van der Waals surface area (Å²) in [6.07, 6.45) is 1.82. The molecule has 3 N–H and O–H groups in total. The van der Waals surface area contributed by atoms with Crippen LogP contribution in [0, 0.1) is 6.92 Å². The lowest BCUT2D eigenvalue weighted by atomic mass is 10.2. The van der Waals surface area contributed by atoms with E-state index in [0.29, 0.717) is 0 Å². The monoisotopic (exact) mass is 250 g/mol. The summed E-state index contributed by atoms with van der Waals surface area (Å²) >= 11 is 1.60. The molecule has 0 spiro atoms. The smallest absolute Gasteiger partial charge is 0.219 e. The van der Waals surface area contributed by atoms with Crippen molar-refractivity contribution in [1.82, 2.24) is 9.97 Å². The summed E-state index contributed by atoms with van der Waals surface area (Å²) in [4.78, 5) is 19.3. The zero-order valence-electron chi connectivity index (χ0n) is 9.73. The van der Waals surface area contributed by atoms with Crippen LogP contribution in [0.4, 0.5) is 5.82 Å². The predicted molar refractivity (Wildman–Crippen MR) is 69.0 cm³/mol. The molecule has 1 unspecified atom stereocenters. The van der Waals surface area contributed by atoms with E-state index in [1.165, 1.54) is 6.33 Å². The summed E-state index contributed by atoms with van der Waals surface area (Å²) in [6, 6.07) is -0.0343. The molecule has 0 aliphatic carbocycles. The second-order valence-corrected chi connectivity index (χ2v) is 4.91. The van der Waals surface area contributed by atoms with Crippen molar-refractivity contribution >= 4 is 33.3 Å². The number of nitrogens with one attached hydrogen (secondary N) is 1. The zero-order chi connectivity index (χ0) is 12.4. The molecule has 1 amide bonds. The molecule has 0 fully saturated rings. The molecule has 2 heterocycles. The number of hydrogen-bond donors (Lipinski definition) is 2. The van der Waals surface area contributed by atoms with Gasteiger partial charge in [-0.3, -0.25) is 4.79 Å². The lowest BCUT2D eigenvalue weighted by Crippen LogP contribution is -2.24. The summed E-state index contributed by atoms with van der Waals surface area (Å²) < 4.78 is 1.02. The number of hydrogen-bond acceptors (Lipinski definition) is 5. The van der Waals surface area contributed by atoms with Crippen molar-refractivity contribution in [3.05, 3.63) is 17.3 Å². The molecular weight excluding hydrogens is 236 g/mol. The highest BCUT2D eigenvalue weighted by atomic mass is 32.1. The molecule has 2 aromatic rings. The molecule has 0 aliphatic heterocycles. The van der Waals surface area contributed by atoms with Gasteiger partial charge in [0.05, 0.1) is 10.2 Å². The molecule has 5 nitrogen and oxygen atoms in total. The van der Waals surface area contributed by atoms with Gasteiger partial charge in [-0.1, -0.05) is 0 Å². The highest BCUT2D eigenvalue weighted by molar-refractivity contribution is 7.18. The maximum Gasteiger partial charge on any atom is 0.219 e. The summed E-state index contributed by atoms with van der Waals surface area (Å²) in [5.41, 5.74) is 7.25. The van der Waals surface area contributed by atoms with Crippen molar-refractivity contribution in [3.8, 4) is 0 Å². The number of anilines is 1. The molecular formula is C11H14N4OS. The van der Waals surface area contributed by atoms with Gasteiger partial charge in [0, 0.05) is 12.5 Å². The Morgan fingerprint density at radius 3 is 3.06 bits per heavy atom. The molecule has 2 aromatic heterocycles. The number of amides is 1. The molecule has 0 saturated carbocycles. The fourth-order valence-corrected chi connectivity index (χ4v) is 2.61. The Kier molecular flexibility index (Phi) is 3.23. The first-order valence-corrected chi connectivity index (χ1v) is 6.19. The highest BCUT2D eigenvalue weighted by Gasteiger charge is 2.11. The van der Waals surface area contributed by atoms with E-state index in [2.05, 4.69) is 15.3 Å². The van der Waals surface area contributed by atoms with Crippen LogP contribution in [0.3, 0.4) is 0 Å². The van der Waals surface area contributed by atoms with Gasteiger partial charge >= 0.3 is 0 Å². The van der Waals surface area contributed by atoms with Crippen LogP contribution in [-0.2, 0) is 4.79 Å². The predicted octanol–water partition coefficient (Wildman–Crippen LogP) is 1.68. The Hall–Kier alpha value is -1.69.